The summed E-state index contributed by atoms with van der Waals surface area (Å²) in [7, 11) is 0. The van der Waals surface area contributed by atoms with Gasteiger partial charge in [-0.2, -0.15) is 0 Å². The lowest BCUT2D eigenvalue weighted by atomic mass is 9.98. The Balaban J connectivity index is 1.61. The summed E-state index contributed by atoms with van der Waals surface area (Å²) in [5, 5.41) is 11.6. The van der Waals surface area contributed by atoms with Crippen molar-refractivity contribution in [1.29, 1.82) is 0 Å². The summed E-state index contributed by atoms with van der Waals surface area (Å²) >= 11 is 6.20. The Bertz CT molecular complexity index is 1040. The van der Waals surface area contributed by atoms with Gasteiger partial charge in [0.05, 0.1) is 22.9 Å². The topological polar surface area (TPSA) is 59.8 Å². The zero-order chi connectivity index (χ0) is 19.3. The zero-order valence-corrected chi connectivity index (χ0v) is 15.6. The van der Waals surface area contributed by atoms with Crippen molar-refractivity contribution >= 4 is 17.5 Å². The average molecular weight is 389 g/mol. The number of halogens is 1. The molecule has 1 N–H and O–H groups in total. The average Bonchev–Trinajstić information content (AvgIpc) is 3.23. The van der Waals surface area contributed by atoms with Gasteiger partial charge in [-0.3, -0.25) is 4.79 Å². The molecule has 138 valence electrons. The molecule has 5 nitrogen and oxygen atoms in total. The predicted octanol–water partition coefficient (Wildman–Crippen LogP) is 4.44. The molecule has 0 aliphatic heterocycles. The van der Waals surface area contributed by atoms with Gasteiger partial charge in [-0.25, -0.2) is 4.68 Å². The second-order valence-corrected chi connectivity index (χ2v) is 6.63. The number of hydrogen-bond donors (Lipinski definition) is 1. The first kappa shape index (κ1) is 17.9. The van der Waals surface area contributed by atoms with E-state index < -0.39 is 0 Å². The van der Waals surface area contributed by atoms with Crippen LogP contribution in [0.5, 0.6) is 0 Å². The minimum atomic E-state index is -0.309. The Morgan fingerprint density at radius 1 is 0.857 bits per heavy atom. The number of aromatic nitrogens is 3. The van der Waals surface area contributed by atoms with Gasteiger partial charge in [0.1, 0.15) is 0 Å². The van der Waals surface area contributed by atoms with Crippen LogP contribution in [0.4, 0.5) is 0 Å². The summed E-state index contributed by atoms with van der Waals surface area (Å²) in [6.45, 7) is 0. The van der Waals surface area contributed by atoms with Gasteiger partial charge in [-0.1, -0.05) is 89.6 Å². The van der Waals surface area contributed by atoms with Gasteiger partial charge in [0, 0.05) is 0 Å². The fourth-order valence-corrected chi connectivity index (χ4v) is 3.20. The molecule has 0 saturated carbocycles. The zero-order valence-electron chi connectivity index (χ0n) is 14.9. The van der Waals surface area contributed by atoms with Gasteiger partial charge in [0.25, 0.3) is 5.91 Å². The lowest BCUT2D eigenvalue weighted by Crippen LogP contribution is -2.29. The highest BCUT2D eigenvalue weighted by atomic mass is 35.5. The Morgan fingerprint density at radius 2 is 1.43 bits per heavy atom. The van der Waals surface area contributed by atoms with E-state index in [1.54, 1.807) is 12.3 Å². The molecule has 0 unspecified atom stereocenters. The number of benzene rings is 3. The molecule has 0 atom stereocenters. The number of carbonyl (C=O) groups excluding carboxylic acids is 1. The van der Waals surface area contributed by atoms with Crippen LogP contribution < -0.4 is 5.32 Å². The second-order valence-electron chi connectivity index (χ2n) is 6.23. The first-order valence-corrected chi connectivity index (χ1v) is 9.18. The van der Waals surface area contributed by atoms with E-state index in [4.69, 9.17) is 11.6 Å². The minimum Gasteiger partial charge on any atom is -0.340 e. The van der Waals surface area contributed by atoms with E-state index in [1.807, 2.05) is 78.9 Å². The molecule has 4 rings (SSSR count). The van der Waals surface area contributed by atoms with Crippen LogP contribution in [0.25, 0.3) is 5.69 Å². The Labute approximate surface area is 167 Å². The molecule has 6 heteroatoms. The maximum atomic E-state index is 12.9. The maximum absolute atomic E-state index is 12.9. The number of nitrogens with zero attached hydrogens (tertiary/aromatic N) is 3. The van der Waals surface area contributed by atoms with Crippen molar-refractivity contribution in [3.63, 3.8) is 0 Å². The maximum Gasteiger partial charge on any atom is 0.274 e. The summed E-state index contributed by atoms with van der Waals surface area (Å²) in [6, 6.07) is 26.6. The summed E-state index contributed by atoms with van der Waals surface area (Å²) in [5.41, 5.74) is 2.86. The Kier molecular flexibility index (Phi) is 5.17. The smallest absolute Gasteiger partial charge is 0.274 e. The van der Waals surface area contributed by atoms with Crippen LogP contribution in [-0.4, -0.2) is 20.9 Å². The van der Waals surface area contributed by atoms with E-state index in [0.29, 0.717) is 10.7 Å². The first-order valence-electron chi connectivity index (χ1n) is 8.80. The summed E-state index contributed by atoms with van der Waals surface area (Å²) in [6.07, 6.45) is 1.57. The van der Waals surface area contributed by atoms with Gasteiger partial charge in [-0.15, -0.1) is 5.10 Å². The molecule has 0 aliphatic carbocycles. The van der Waals surface area contributed by atoms with Crippen molar-refractivity contribution in [2.24, 2.45) is 0 Å². The highest BCUT2D eigenvalue weighted by molar-refractivity contribution is 6.32. The van der Waals surface area contributed by atoms with Gasteiger partial charge < -0.3 is 5.32 Å². The minimum absolute atomic E-state index is 0.219. The molecule has 3 aromatic carbocycles. The molecule has 4 aromatic rings. The monoisotopic (exact) mass is 388 g/mol. The van der Waals surface area contributed by atoms with E-state index in [0.717, 1.165) is 11.1 Å². The van der Waals surface area contributed by atoms with Crippen LogP contribution in [0.3, 0.4) is 0 Å². The second kappa shape index (κ2) is 8.06. The number of rotatable bonds is 5. The molecular formula is C22H17ClN4O. The SMILES string of the molecule is O=C(NC(c1ccccc1)c1ccccc1)c1cn(-c2ccccc2Cl)nn1. The van der Waals surface area contributed by atoms with Crippen LogP contribution in [0.15, 0.2) is 91.1 Å². The van der Waals surface area contributed by atoms with Crippen molar-refractivity contribution in [2.75, 3.05) is 0 Å². The third-order valence-corrected chi connectivity index (χ3v) is 4.69. The first-order chi connectivity index (χ1) is 13.7. The lowest BCUT2D eigenvalue weighted by Gasteiger charge is -2.19. The molecular weight excluding hydrogens is 372 g/mol. The van der Waals surface area contributed by atoms with E-state index in [-0.39, 0.29) is 17.6 Å². The standard InChI is InChI=1S/C22H17ClN4O/c23-18-13-7-8-14-20(18)27-15-19(25-26-27)22(28)24-21(16-9-3-1-4-10-16)17-11-5-2-6-12-17/h1-15,21H,(H,24,28). The van der Waals surface area contributed by atoms with Gasteiger partial charge >= 0.3 is 0 Å². The molecule has 1 aromatic heterocycles. The van der Waals surface area contributed by atoms with Crippen LogP contribution in [0.2, 0.25) is 5.02 Å². The molecule has 0 aliphatic rings. The quantitative estimate of drug-likeness (QED) is 0.549. The third-order valence-electron chi connectivity index (χ3n) is 4.37. The van der Waals surface area contributed by atoms with Gasteiger partial charge in [-0.05, 0) is 23.3 Å². The third kappa shape index (κ3) is 3.80. The molecule has 0 saturated heterocycles. The number of nitrogens with one attached hydrogen (secondary N) is 1. The number of para-hydroxylation sites is 1. The van der Waals surface area contributed by atoms with E-state index >= 15 is 0 Å². The van der Waals surface area contributed by atoms with Crippen molar-refractivity contribution < 1.29 is 4.79 Å². The van der Waals surface area contributed by atoms with E-state index in [1.165, 1.54) is 4.68 Å². The number of carbonyl (C=O) groups is 1. The molecule has 0 bridgehead atoms. The molecule has 0 fully saturated rings. The van der Waals surface area contributed by atoms with Gasteiger partial charge in [0.15, 0.2) is 5.69 Å². The molecule has 28 heavy (non-hydrogen) atoms. The number of hydrogen-bond acceptors (Lipinski definition) is 3. The summed E-state index contributed by atoms with van der Waals surface area (Å²) in [4.78, 5) is 12.9. The molecule has 1 heterocycles. The van der Waals surface area contributed by atoms with Crippen LogP contribution in [-0.2, 0) is 0 Å². The lowest BCUT2D eigenvalue weighted by molar-refractivity contribution is 0.0938. The van der Waals surface area contributed by atoms with Crippen molar-refractivity contribution in [3.8, 4) is 5.69 Å². The van der Waals surface area contributed by atoms with Gasteiger partial charge in [0.2, 0.25) is 0 Å². The van der Waals surface area contributed by atoms with Crippen molar-refractivity contribution in [2.45, 2.75) is 6.04 Å². The van der Waals surface area contributed by atoms with Crippen LogP contribution in [0, 0.1) is 0 Å². The highest BCUT2D eigenvalue weighted by Gasteiger charge is 2.20. The molecule has 0 radical (unpaired) electrons. The molecule has 0 spiro atoms. The Morgan fingerprint density at radius 3 is 2.04 bits per heavy atom. The van der Waals surface area contributed by atoms with E-state index in [2.05, 4.69) is 15.6 Å². The largest absolute Gasteiger partial charge is 0.340 e. The van der Waals surface area contributed by atoms with Crippen molar-refractivity contribution in [3.05, 3.63) is 113 Å². The van der Waals surface area contributed by atoms with Crippen LogP contribution in [0.1, 0.15) is 27.7 Å². The summed E-state index contributed by atoms with van der Waals surface area (Å²) < 4.78 is 1.50. The molecule has 1 amide bonds. The fourth-order valence-electron chi connectivity index (χ4n) is 2.98. The predicted molar refractivity (Wildman–Crippen MR) is 109 cm³/mol. The Hall–Kier alpha value is -3.44. The number of amides is 1. The van der Waals surface area contributed by atoms with Crippen LogP contribution >= 0.6 is 11.6 Å². The highest BCUT2D eigenvalue weighted by Crippen LogP contribution is 2.23. The normalized spacial score (nSPS) is 10.8. The van der Waals surface area contributed by atoms with E-state index in [9.17, 15) is 4.79 Å². The summed E-state index contributed by atoms with van der Waals surface area (Å²) in [5.74, 6) is -0.309. The fraction of sp³-hybridized carbons (Fsp3) is 0.0455. The van der Waals surface area contributed by atoms with Crippen molar-refractivity contribution in [1.82, 2.24) is 20.3 Å².